The summed E-state index contributed by atoms with van der Waals surface area (Å²) < 4.78 is 70.0. The molecule has 3 aliphatic rings. The van der Waals surface area contributed by atoms with Crippen LogP contribution >= 0.6 is 15.6 Å². The molecule has 0 aliphatic carbocycles. The third-order valence-corrected chi connectivity index (χ3v) is 12.0. The van der Waals surface area contributed by atoms with Gasteiger partial charge in [0.25, 0.3) is 5.56 Å². The summed E-state index contributed by atoms with van der Waals surface area (Å²) >= 11 is 0. The third kappa shape index (κ3) is 8.43. The molecule has 5 aromatic heterocycles. The number of nitrogens with two attached hydrogens (primary N) is 2. The molecule has 27 nitrogen and oxygen atoms in total. The van der Waals surface area contributed by atoms with Crippen LogP contribution in [-0.2, 0) is 41.4 Å². The predicted octanol–water partition coefficient (Wildman–Crippen LogP) is -1.09. The van der Waals surface area contributed by atoms with E-state index in [0.717, 1.165) is 4.57 Å². The van der Waals surface area contributed by atoms with E-state index in [9.17, 15) is 38.7 Å². The topological polar surface area (TPSA) is 374 Å². The monoisotopic (exact) mass is 868 g/mol. The van der Waals surface area contributed by atoms with Crippen molar-refractivity contribution < 1.29 is 61.4 Å². The molecule has 29 heteroatoms. The molecule has 2 unspecified atom stereocenters. The first-order chi connectivity index (χ1) is 28.1. The van der Waals surface area contributed by atoms with Crippen LogP contribution in [0.4, 0.5) is 11.6 Å². The number of hydrogen-bond donors (Lipinski definition) is 7. The molecule has 3 saturated heterocycles. The molecule has 3 fully saturated rings. The maximum absolute atomic E-state index is 13.4. The number of aliphatic hydroxyl groups is 2. The third-order valence-electron chi connectivity index (χ3n) is 9.94. The highest BCUT2D eigenvalue weighted by molar-refractivity contribution is 7.47. The van der Waals surface area contributed by atoms with Gasteiger partial charge in [-0.2, -0.15) is 0 Å². The summed E-state index contributed by atoms with van der Waals surface area (Å²) in [6.07, 6.45) is -4.14. The lowest BCUT2D eigenvalue weighted by atomic mass is 10.2. The van der Waals surface area contributed by atoms with Crippen molar-refractivity contribution in [1.29, 1.82) is 0 Å². The van der Waals surface area contributed by atoms with Crippen LogP contribution in [0.1, 0.15) is 43.5 Å². The number of fused-ring (bicyclic) bond motifs is 2. The molecule has 9 N–H and O–H groups in total. The van der Waals surface area contributed by atoms with Crippen molar-refractivity contribution in [3.8, 4) is 0 Å². The van der Waals surface area contributed by atoms with Crippen molar-refractivity contribution in [2.45, 2.75) is 81.5 Å². The molecule has 318 valence electrons. The lowest BCUT2D eigenvalue weighted by Gasteiger charge is -2.24. The minimum atomic E-state index is -5.03. The fourth-order valence-corrected chi connectivity index (χ4v) is 8.93. The second-order valence-corrected chi connectivity index (χ2v) is 16.6. The molecule has 0 amide bonds. The van der Waals surface area contributed by atoms with E-state index in [2.05, 4.69) is 34.9 Å². The zero-order valence-electron chi connectivity index (χ0n) is 30.7. The van der Waals surface area contributed by atoms with E-state index in [1.807, 2.05) is 0 Å². The van der Waals surface area contributed by atoms with Gasteiger partial charge in [-0.3, -0.25) is 41.6 Å². The maximum atomic E-state index is 13.4. The fourth-order valence-electron chi connectivity index (χ4n) is 7.01. The quantitative estimate of drug-likeness (QED) is 0.0652. The number of aliphatic hydroxyl groups excluding tert-OH is 2. The number of nitrogens with zero attached hydrogens (tertiary/aromatic N) is 9. The summed E-state index contributed by atoms with van der Waals surface area (Å²) in [6.45, 7) is -0.561. The van der Waals surface area contributed by atoms with Crippen LogP contribution in [0, 0.1) is 6.92 Å². The highest BCUT2D eigenvalue weighted by Crippen LogP contribution is 2.52. The molecule has 11 atom stereocenters. The van der Waals surface area contributed by atoms with Crippen molar-refractivity contribution in [1.82, 2.24) is 48.6 Å². The van der Waals surface area contributed by atoms with Gasteiger partial charge in [-0.25, -0.2) is 43.8 Å². The standard InChI is InChI=1S/C30H38N12O15P2/c1-13-5-40(30(46)39-29(13)45)21-3-15(17(6-43)53-21)56-59(49,50)52-8-19-16(4-22(55-19)42-12-38-24-26(32)34-10-36-28(24)42)57-58(47,48)51-7-18-14(44)2-20(54-18)41-11-37-23-25(31)33-9-35-27(23)41/h5,9-12,14-22,43-44H,2-4,6-8H2,1H3,(H,47,48)(H,49,50)(H2,31,33,35)(H2,32,34,36)(H,39,45,46)/t14-,15-,16-,17+,18+,19+,20+,21+,22+/m0/s1. The van der Waals surface area contributed by atoms with Crippen molar-refractivity contribution in [3.63, 3.8) is 0 Å². The van der Waals surface area contributed by atoms with E-state index in [4.69, 9.17) is 43.8 Å². The molecule has 0 aromatic carbocycles. The van der Waals surface area contributed by atoms with Gasteiger partial charge in [0.15, 0.2) is 22.9 Å². The smallest absolute Gasteiger partial charge is 0.394 e. The molecule has 0 spiro atoms. The Morgan fingerprint density at radius 2 is 1.25 bits per heavy atom. The van der Waals surface area contributed by atoms with Gasteiger partial charge >= 0.3 is 21.3 Å². The Kier molecular flexibility index (Phi) is 11.2. The highest BCUT2D eigenvalue weighted by Gasteiger charge is 2.46. The minimum Gasteiger partial charge on any atom is -0.394 e. The molecule has 8 rings (SSSR count). The second kappa shape index (κ2) is 16.1. The van der Waals surface area contributed by atoms with E-state index in [1.54, 1.807) is 0 Å². The van der Waals surface area contributed by atoms with Crippen LogP contribution in [0.15, 0.2) is 41.1 Å². The molecule has 0 saturated carbocycles. The number of ether oxygens (including phenoxy) is 3. The highest BCUT2D eigenvalue weighted by atomic mass is 31.2. The first-order valence-corrected chi connectivity index (χ1v) is 20.8. The molecule has 0 radical (unpaired) electrons. The van der Waals surface area contributed by atoms with Crippen LogP contribution in [0.3, 0.4) is 0 Å². The number of aromatic amines is 1. The number of rotatable bonds is 14. The van der Waals surface area contributed by atoms with Gasteiger partial charge in [0.05, 0.1) is 38.6 Å². The van der Waals surface area contributed by atoms with Crippen molar-refractivity contribution in [2.75, 3.05) is 31.3 Å². The Morgan fingerprint density at radius 3 is 1.83 bits per heavy atom. The van der Waals surface area contributed by atoms with Crippen LogP contribution < -0.4 is 22.7 Å². The molecule has 5 aromatic rings. The van der Waals surface area contributed by atoms with Crippen LogP contribution in [-0.4, -0.2) is 125 Å². The van der Waals surface area contributed by atoms with Gasteiger partial charge in [0.1, 0.15) is 72.9 Å². The van der Waals surface area contributed by atoms with Crippen LogP contribution in [0.25, 0.3) is 22.3 Å². The Balaban J connectivity index is 0.946. The van der Waals surface area contributed by atoms with Gasteiger partial charge in [-0.1, -0.05) is 0 Å². The summed E-state index contributed by atoms with van der Waals surface area (Å²) in [7, 11) is -10.0. The molecular formula is C30H38N12O15P2. The van der Waals surface area contributed by atoms with Crippen LogP contribution in [0.5, 0.6) is 0 Å². The van der Waals surface area contributed by atoms with Gasteiger partial charge in [-0.05, 0) is 6.92 Å². The Hall–Kier alpha value is -4.60. The van der Waals surface area contributed by atoms with Gasteiger partial charge < -0.3 is 45.7 Å². The van der Waals surface area contributed by atoms with E-state index >= 15 is 0 Å². The maximum Gasteiger partial charge on any atom is 0.472 e. The summed E-state index contributed by atoms with van der Waals surface area (Å²) in [5, 5.41) is 20.7. The summed E-state index contributed by atoms with van der Waals surface area (Å²) in [4.78, 5) is 72.7. The lowest BCUT2D eigenvalue weighted by molar-refractivity contribution is -0.0604. The first kappa shape index (κ1) is 41.1. The molecule has 3 aliphatic heterocycles. The van der Waals surface area contributed by atoms with Gasteiger partial charge in [0, 0.05) is 31.0 Å². The SMILES string of the molecule is Cc1cn([C@H]2C[C@H](OP(=O)(O)OC[C@H]3O[C@@H](n4cnc5c(N)ncnc54)C[C@@H]3OP(=O)(O)OC[C@H]3O[C@@H](n4cnc5c(N)ncnc54)C[C@@H]3O)[C@@H](CO)O2)c(=O)[nH]c1=O. The average Bonchev–Trinajstić information content (AvgIpc) is 4.02. The minimum absolute atomic E-state index is 0.0474. The number of hydrogen-bond acceptors (Lipinski definition) is 21. The van der Waals surface area contributed by atoms with Crippen molar-refractivity contribution >= 4 is 49.6 Å². The molecule has 59 heavy (non-hydrogen) atoms. The molecule has 0 bridgehead atoms. The number of H-pyrrole nitrogens is 1. The molecular weight excluding hydrogens is 830 g/mol. The number of anilines is 2. The zero-order valence-corrected chi connectivity index (χ0v) is 32.5. The second-order valence-electron chi connectivity index (χ2n) is 13.8. The van der Waals surface area contributed by atoms with E-state index in [0.29, 0.717) is 11.2 Å². The van der Waals surface area contributed by atoms with Crippen molar-refractivity contribution in [3.05, 3.63) is 57.9 Å². The van der Waals surface area contributed by atoms with E-state index in [-0.39, 0.29) is 47.6 Å². The first-order valence-electron chi connectivity index (χ1n) is 17.8. The number of nitrogen functional groups attached to an aromatic ring is 2. The number of imidazole rings is 2. The summed E-state index contributed by atoms with van der Waals surface area (Å²) in [5.74, 6) is 0.216. The Bertz CT molecular complexity index is 2570. The Morgan fingerprint density at radius 1 is 0.763 bits per heavy atom. The summed E-state index contributed by atoms with van der Waals surface area (Å²) in [6, 6.07) is 0. The largest absolute Gasteiger partial charge is 0.472 e. The normalized spacial score (nSPS) is 29.3. The number of aryl methyl sites for hydroxylation is 1. The van der Waals surface area contributed by atoms with E-state index < -0.39 is 102 Å². The lowest BCUT2D eigenvalue weighted by Crippen LogP contribution is -2.33. The predicted molar refractivity (Wildman–Crippen MR) is 196 cm³/mol. The average molecular weight is 869 g/mol. The molecule has 8 heterocycles. The Labute approximate surface area is 330 Å². The van der Waals surface area contributed by atoms with E-state index in [1.165, 1.54) is 47.6 Å². The van der Waals surface area contributed by atoms with Crippen LogP contribution in [0.2, 0.25) is 0 Å². The number of phosphoric ester groups is 2. The van der Waals surface area contributed by atoms with Gasteiger partial charge in [0.2, 0.25) is 0 Å². The van der Waals surface area contributed by atoms with Crippen molar-refractivity contribution in [2.24, 2.45) is 0 Å². The number of nitrogens with one attached hydrogen (secondary N) is 1. The summed E-state index contributed by atoms with van der Waals surface area (Å²) in [5.41, 5.74) is 11.7. The number of aromatic nitrogens is 10. The zero-order chi connectivity index (χ0) is 41.8. The fraction of sp³-hybridized carbons (Fsp3) is 0.533. The number of phosphoric acid groups is 2. The van der Waals surface area contributed by atoms with Gasteiger partial charge in [-0.15, -0.1) is 0 Å².